The molecule has 0 aliphatic carbocycles. The fourth-order valence-corrected chi connectivity index (χ4v) is 2.44. The summed E-state index contributed by atoms with van der Waals surface area (Å²) in [6.45, 7) is 2.97. The Hall–Kier alpha value is 0.230. The van der Waals surface area contributed by atoms with Gasteiger partial charge in [0, 0.05) is 37.2 Å². The zero-order valence-corrected chi connectivity index (χ0v) is 7.52. The predicted molar refractivity (Wildman–Crippen MR) is 48.8 cm³/mol. The largest absolute Gasteiger partial charge is 0.395 e. The third-order valence-electron chi connectivity index (χ3n) is 1.98. The van der Waals surface area contributed by atoms with Crippen molar-refractivity contribution in [2.24, 2.45) is 5.73 Å². The first-order valence-corrected chi connectivity index (χ1v) is 5.16. The van der Waals surface area contributed by atoms with E-state index in [2.05, 4.69) is 4.90 Å². The lowest BCUT2D eigenvalue weighted by Gasteiger charge is -2.33. The van der Waals surface area contributed by atoms with Gasteiger partial charge in [-0.1, -0.05) is 0 Å². The van der Waals surface area contributed by atoms with Gasteiger partial charge in [0.05, 0.1) is 6.61 Å². The Morgan fingerprint density at radius 3 is 3.09 bits per heavy atom. The summed E-state index contributed by atoms with van der Waals surface area (Å²) in [7, 11) is 0. The van der Waals surface area contributed by atoms with E-state index in [1.54, 1.807) is 0 Å². The maximum atomic E-state index is 8.99. The molecule has 66 valence electrons. The van der Waals surface area contributed by atoms with Gasteiger partial charge in [-0.05, 0) is 0 Å². The Bertz CT molecular complexity index is 111. The van der Waals surface area contributed by atoms with Crippen LogP contribution in [0.2, 0.25) is 0 Å². The zero-order chi connectivity index (χ0) is 8.10. The van der Waals surface area contributed by atoms with Crippen LogP contribution in [-0.4, -0.2) is 53.8 Å². The van der Waals surface area contributed by atoms with Crippen LogP contribution in [0.1, 0.15) is 0 Å². The van der Waals surface area contributed by atoms with Gasteiger partial charge in [0.25, 0.3) is 0 Å². The van der Waals surface area contributed by atoms with Crippen LogP contribution in [0.3, 0.4) is 0 Å². The van der Waals surface area contributed by atoms with Gasteiger partial charge in [-0.15, -0.1) is 0 Å². The lowest BCUT2D eigenvalue weighted by molar-refractivity contribution is 0.142. The number of hydrogen-bond acceptors (Lipinski definition) is 4. The topological polar surface area (TPSA) is 49.5 Å². The van der Waals surface area contributed by atoms with Gasteiger partial charge in [0.15, 0.2) is 0 Å². The SMILES string of the molecule is NCCN1CCSCC1CO. The molecule has 0 aromatic carbocycles. The van der Waals surface area contributed by atoms with Gasteiger partial charge in [0.1, 0.15) is 0 Å². The fourth-order valence-electron chi connectivity index (χ4n) is 1.32. The lowest BCUT2D eigenvalue weighted by Crippen LogP contribution is -2.46. The molecule has 1 fully saturated rings. The monoisotopic (exact) mass is 176 g/mol. The highest BCUT2D eigenvalue weighted by Gasteiger charge is 2.20. The van der Waals surface area contributed by atoms with Crippen molar-refractivity contribution in [3.05, 3.63) is 0 Å². The van der Waals surface area contributed by atoms with Crippen LogP contribution in [0.5, 0.6) is 0 Å². The Kier molecular flexibility index (Phi) is 4.22. The molecular weight excluding hydrogens is 160 g/mol. The number of aliphatic hydroxyl groups excluding tert-OH is 1. The molecule has 1 rings (SSSR count). The Labute approximate surface area is 71.9 Å². The molecule has 1 aliphatic rings. The summed E-state index contributed by atoms with van der Waals surface area (Å²) in [5.74, 6) is 2.23. The Balaban J connectivity index is 2.31. The molecule has 4 heteroatoms. The molecule has 0 bridgehead atoms. The van der Waals surface area contributed by atoms with E-state index in [0.717, 1.165) is 18.8 Å². The molecule has 0 aromatic heterocycles. The first-order chi connectivity index (χ1) is 5.38. The summed E-state index contributed by atoms with van der Waals surface area (Å²) < 4.78 is 0. The molecule has 1 saturated heterocycles. The fraction of sp³-hybridized carbons (Fsp3) is 1.00. The molecule has 0 saturated carbocycles. The summed E-state index contributed by atoms with van der Waals surface area (Å²) in [5, 5.41) is 8.99. The van der Waals surface area contributed by atoms with Crippen molar-refractivity contribution in [2.75, 3.05) is 37.7 Å². The zero-order valence-electron chi connectivity index (χ0n) is 6.70. The average molecular weight is 176 g/mol. The summed E-state index contributed by atoms with van der Waals surface area (Å²) in [5.41, 5.74) is 5.45. The maximum Gasteiger partial charge on any atom is 0.0594 e. The summed E-state index contributed by atoms with van der Waals surface area (Å²) in [6, 6.07) is 0.345. The molecule has 11 heavy (non-hydrogen) atoms. The standard InChI is InChI=1S/C7H16N2OS/c8-1-2-9-3-4-11-6-7(9)5-10/h7,10H,1-6,8H2. The molecule has 0 radical (unpaired) electrons. The van der Waals surface area contributed by atoms with Crippen LogP contribution in [0.4, 0.5) is 0 Å². The minimum absolute atomic E-state index is 0.271. The molecule has 1 heterocycles. The third-order valence-corrected chi connectivity index (χ3v) is 3.07. The van der Waals surface area contributed by atoms with Crippen molar-refractivity contribution in [2.45, 2.75) is 6.04 Å². The molecule has 0 spiro atoms. The van der Waals surface area contributed by atoms with Crippen LogP contribution < -0.4 is 5.73 Å². The van der Waals surface area contributed by atoms with Crippen molar-refractivity contribution >= 4 is 11.8 Å². The number of hydrogen-bond donors (Lipinski definition) is 2. The smallest absolute Gasteiger partial charge is 0.0594 e. The van der Waals surface area contributed by atoms with E-state index in [-0.39, 0.29) is 6.61 Å². The quantitative estimate of drug-likeness (QED) is 0.600. The van der Waals surface area contributed by atoms with E-state index in [1.165, 1.54) is 5.75 Å². The van der Waals surface area contributed by atoms with Gasteiger partial charge in [-0.25, -0.2) is 0 Å². The third kappa shape index (κ3) is 2.63. The lowest BCUT2D eigenvalue weighted by atomic mass is 10.3. The molecule has 1 atom stereocenters. The summed E-state index contributed by atoms with van der Waals surface area (Å²) in [6.07, 6.45) is 0. The maximum absolute atomic E-state index is 8.99. The van der Waals surface area contributed by atoms with E-state index in [1.807, 2.05) is 11.8 Å². The highest BCUT2D eigenvalue weighted by molar-refractivity contribution is 7.99. The normalized spacial score (nSPS) is 27.3. The highest BCUT2D eigenvalue weighted by atomic mass is 32.2. The van der Waals surface area contributed by atoms with E-state index >= 15 is 0 Å². The van der Waals surface area contributed by atoms with Crippen molar-refractivity contribution in [3.8, 4) is 0 Å². The van der Waals surface area contributed by atoms with Gasteiger partial charge in [-0.2, -0.15) is 11.8 Å². The second-order valence-corrected chi connectivity index (χ2v) is 3.89. The minimum atomic E-state index is 0.271. The Morgan fingerprint density at radius 1 is 1.64 bits per heavy atom. The second-order valence-electron chi connectivity index (χ2n) is 2.74. The number of thioether (sulfide) groups is 1. The number of aliphatic hydroxyl groups is 1. The molecule has 3 N–H and O–H groups in total. The van der Waals surface area contributed by atoms with Gasteiger partial charge in [0.2, 0.25) is 0 Å². The average Bonchev–Trinajstić information content (AvgIpc) is 2.06. The van der Waals surface area contributed by atoms with Crippen molar-refractivity contribution < 1.29 is 5.11 Å². The molecule has 3 nitrogen and oxygen atoms in total. The molecule has 1 unspecified atom stereocenters. The molecule has 1 aliphatic heterocycles. The summed E-state index contributed by atoms with van der Waals surface area (Å²) >= 11 is 1.91. The van der Waals surface area contributed by atoms with E-state index in [9.17, 15) is 0 Å². The predicted octanol–water partition coefficient (Wildman–Crippen LogP) is -0.645. The number of nitrogens with zero attached hydrogens (tertiary/aromatic N) is 1. The molecular formula is C7H16N2OS. The second kappa shape index (κ2) is 4.98. The van der Waals surface area contributed by atoms with Crippen LogP contribution in [0, 0.1) is 0 Å². The number of rotatable bonds is 3. The first-order valence-electron chi connectivity index (χ1n) is 4.01. The van der Waals surface area contributed by atoms with Gasteiger partial charge >= 0.3 is 0 Å². The number of nitrogens with two attached hydrogens (primary N) is 1. The van der Waals surface area contributed by atoms with E-state index < -0.39 is 0 Å². The van der Waals surface area contributed by atoms with Crippen LogP contribution >= 0.6 is 11.8 Å². The van der Waals surface area contributed by atoms with Crippen LogP contribution in [0.25, 0.3) is 0 Å². The van der Waals surface area contributed by atoms with Gasteiger partial charge in [-0.3, -0.25) is 4.90 Å². The highest BCUT2D eigenvalue weighted by Crippen LogP contribution is 2.14. The summed E-state index contributed by atoms with van der Waals surface area (Å²) in [4.78, 5) is 2.27. The van der Waals surface area contributed by atoms with Crippen molar-refractivity contribution in [1.82, 2.24) is 4.90 Å². The molecule has 0 amide bonds. The minimum Gasteiger partial charge on any atom is -0.395 e. The van der Waals surface area contributed by atoms with Crippen LogP contribution in [0.15, 0.2) is 0 Å². The van der Waals surface area contributed by atoms with Crippen LogP contribution in [-0.2, 0) is 0 Å². The first kappa shape index (κ1) is 9.32. The van der Waals surface area contributed by atoms with E-state index in [4.69, 9.17) is 10.8 Å². The molecule has 0 aromatic rings. The van der Waals surface area contributed by atoms with Crippen molar-refractivity contribution in [3.63, 3.8) is 0 Å². The van der Waals surface area contributed by atoms with Gasteiger partial charge < -0.3 is 10.8 Å². The van der Waals surface area contributed by atoms with E-state index in [0.29, 0.717) is 12.6 Å². The Morgan fingerprint density at radius 2 is 2.45 bits per heavy atom. The van der Waals surface area contributed by atoms with Crippen molar-refractivity contribution in [1.29, 1.82) is 0 Å².